The zero-order chi connectivity index (χ0) is 18.5. The lowest BCUT2D eigenvalue weighted by atomic mass is 10.2. The summed E-state index contributed by atoms with van der Waals surface area (Å²) >= 11 is 1.53. The molecule has 0 aliphatic rings. The molecule has 2 aromatic carbocycles. The van der Waals surface area contributed by atoms with Crippen molar-refractivity contribution in [2.75, 3.05) is 12.4 Å². The number of benzene rings is 2. The van der Waals surface area contributed by atoms with Crippen LogP contribution in [-0.2, 0) is 0 Å². The second kappa shape index (κ2) is 7.84. The highest BCUT2D eigenvalue weighted by molar-refractivity contribution is 7.13. The summed E-state index contributed by atoms with van der Waals surface area (Å²) < 4.78 is 11.3. The molecular formula is C20H16N4O2S. The van der Waals surface area contributed by atoms with Gasteiger partial charge in [0.1, 0.15) is 28.0 Å². The van der Waals surface area contributed by atoms with Crippen LogP contribution in [0.3, 0.4) is 0 Å². The van der Waals surface area contributed by atoms with Gasteiger partial charge in [0, 0.05) is 23.8 Å². The molecule has 0 fully saturated rings. The van der Waals surface area contributed by atoms with Gasteiger partial charge in [0.15, 0.2) is 0 Å². The van der Waals surface area contributed by atoms with Gasteiger partial charge in [-0.05, 0) is 30.3 Å². The molecule has 0 amide bonds. The van der Waals surface area contributed by atoms with E-state index in [9.17, 15) is 0 Å². The quantitative estimate of drug-likeness (QED) is 0.502. The number of thiazole rings is 1. The predicted octanol–water partition coefficient (Wildman–Crippen LogP) is 5.14. The number of aromatic nitrogens is 3. The molecule has 6 nitrogen and oxygen atoms in total. The van der Waals surface area contributed by atoms with Crippen LogP contribution in [-0.4, -0.2) is 22.1 Å². The van der Waals surface area contributed by atoms with Crippen molar-refractivity contribution in [2.24, 2.45) is 0 Å². The fourth-order valence-corrected chi connectivity index (χ4v) is 3.09. The highest BCUT2D eigenvalue weighted by Gasteiger charge is 2.10. The first-order chi connectivity index (χ1) is 13.3. The van der Waals surface area contributed by atoms with Crippen LogP contribution in [0.5, 0.6) is 17.2 Å². The summed E-state index contributed by atoms with van der Waals surface area (Å²) in [6.07, 6.45) is 3.45. The summed E-state index contributed by atoms with van der Waals surface area (Å²) in [6, 6.07) is 17.0. The van der Waals surface area contributed by atoms with Crippen molar-refractivity contribution < 1.29 is 9.47 Å². The van der Waals surface area contributed by atoms with Gasteiger partial charge in [-0.15, -0.1) is 11.3 Å². The van der Waals surface area contributed by atoms with E-state index in [0.29, 0.717) is 23.1 Å². The molecule has 0 bridgehead atoms. The Morgan fingerprint density at radius 1 is 0.926 bits per heavy atom. The molecule has 0 atom stereocenters. The molecule has 0 aliphatic carbocycles. The molecule has 7 heteroatoms. The fraction of sp³-hybridized carbons (Fsp3) is 0.0500. The molecule has 134 valence electrons. The minimum absolute atomic E-state index is 0.456. The molecule has 0 aliphatic heterocycles. The Hall–Kier alpha value is -3.45. The van der Waals surface area contributed by atoms with Gasteiger partial charge < -0.3 is 14.8 Å². The number of nitrogens with zero attached hydrogens (tertiary/aromatic N) is 3. The monoisotopic (exact) mass is 376 g/mol. The van der Waals surface area contributed by atoms with Crippen LogP contribution in [0.2, 0.25) is 0 Å². The smallest absolute Gasteiger partial charge is 0.227 e. The summed E-state index contributed by atoms with van der Waals surface area (Å²) in [4.78, 5) is 13.1. The van der Waals surface area contributed by atoms with Gasteiger partial charge in [-0.2, -0.15) is 0 Å². The molecule has 2 aromatic heterocycles. The molecule has 4 aromatic rings. The number of anilines is 2. The normalized spacial score (nSPS) is 10.4. The first kappa shape index (κ1) is 17.0. The number of rotatable bonds is 6. The van der Waals surface area contributed by atoms with E-state index in [1.165, 1.54) is 11.3 Å². The second-order valence-corrected chi connectivity index (χ2v) is 6.40. The molecule has 0 unspecified atom stereocenters. The summed E-state index contributed by atoms with van der Waals surface area (Å²) in [7, 11) is 1.62. The molecule has 4 rings (SSSR count). The number of para-hydroxylation sites is 1. The third-order valence-corrected chi connectivity index (χ3v) is 4.50. The lowest BCUT2D eigenvalue weighted by Crippen LogP contribution is -2.00. The Labute approximate surface area is 160 Å². The van der Waals surface area contributed by atoms with E-state index in [2.05, 4.69) is 20.3 Å². The predicted molar refractivity (Wildman–Crippen MR) is 106 cm³/mol. The average Bonchev–Trinajstić information content (AvgIpc) is 3.24. The molecule has 2 heterocycles. The summed E-state index contributed by atoms with van der Waals surface area (Å²) in [5, 5.41) is 5.96. The third kappa shape index (κ3) is 4.04. The van der Waals surface area contributed by atoms with Crippen LogP contribution in [0.4, 0.5) is 11.6 Å². The zero-order valence-corrected chi connectivity index (χ0v) is 15.3. The van der Waals surface area contributed by atoms with Crippen molar-refractivity contribution >= 4 is 23.0 Å². The third-order valence-electron chi connectivity index (χ3n) is 3.70. The van der Waals surface area contributed by atoms with E-state index < -0.39 is 0 Å². The Bertz CT molecular complexity index is 1020. The Morgan fingerprint density at radius 3 is 2.59 bits per heavy atom. The van der Waals surface area contributed by atoms with Crippen LogP contribution in [0.25, 0.3) is 10.7 Å². The maximum Gasteiger partial charge on any atom is 0.227 e. The molecule has 1 N–H and O–H groups in total. The van der Waals surface area contributed by atoms with E-state index >= 15 is 0 Å². The number of ether oxygens (including phenoxy) is 2. The van der Waals surface area contributed by atoms with Gasteiger partial charge in [0.05, 0.1) is 12.8 Å². The summed E-state index contributed by atoms with van der Waals surface area (Å²) in [6.45, 7) is 0. The molecule has 0 spiro atoms. The van der Waals surface area contributed by atoms with E-state index in [-0.39, 0.29) is 0 Å². The number of hydrogen-bond acceptors (Lipinski definition) is 7. The topological polar surface area (TPSA) is 69.2 Å². The van der Waals surface area contributed by atoms with Gasteiger partial charge in [-0.25, -0.2) is 15.0 Å². The maximum atomic E-state index is 5.89. The van der Waals surface area contributed by atoms with Crippen molar-refractivity contribution in [3.05, 3.63) is 72.4 Å². The van der Waals surface area contributed by atoms with Crippen LogP contribution in [0, 0.1) is 0 Å². The van der Waals surface area contributed by atoms with Crippen molar-refractivity contribution in [2.45, 2.75) is 0 Å². The molecule has 0 saturated carbocycles. The van der Waals surface area contributed by atoms with Crippen molar-refractivity contribution in [1.82, 2.24) is 15.0 Å². The fourth-order valence-electron chi connectivity index (χ4n) is 2.48. The first-order valence-electron chi connectivity index (χ1n) is 8.23. The van der Waals surface area contributed by atoms with Crippen LogP contribution < -0.4 is 14.8 Å². The first-order valence-corrected chi connectivity index (χ1v) is 9.10. The summed E-state index contributed by atoms with van der Waals surface area (Å²) in [5.41, 5.74) is 1.47. The highest BCUT2D eigenvalue weighted by atomic mass is 32.1. The standard InChI is InChI=1S/C20H16N4O2S/c1-25-18-8-7-15(26-14-5-3-2-4-6-14)13-17(18)24-20-22-10-9-16(23-20)19-21-11-12-27-19/h2-13H,1H3,(H,22,23,24). The minimum Gasteiger partial charge on any atom is -0.495 e. The summed E-state index contributed by atoms with van der Waals surface area (Å²) in [5.74, 6) is 2.56. The van der Waals surface area contributed by atoms with Gasteiger partial charge in [0.2, 0.25) is 5.95 Å². The van der Waals surface area contributed by atoms with Crippen molar-refractivity contribution in [1.29, 1.82) is 0 Å². The molecule has 0 radical (unpaired) electrons. The van der Waals surface area contributed by atoms with Gasteiger partial charge >= 0.3 is 0 Å². The second-order valence-electron chi connectivity index (χ2n) is 5.50. The average molecular weight is 376 g/mol. The zero-order valence-electron chi connectivity index (χ0n) is 14.5. The van der Waals surface area contributed by atoms with Gasteiger partial charge in [-0.3, -0.25) is 0 Å². The van der Waals surface area contributed by atoms with Crippen LogP contribution in [0.1, 0.15) is 0 Å². The maximum absolute atomic E-state index is 5.89. The number of nitrogens with one attached hydrogen (secondary N) is 1. The Kier molecular flexibility index (Phi) is 4.93. The van der Waals surface area contributed by atoms with Crippen LogP contribution in [0.15, 0.2) is 72.4 Å². The Balaban J connectivity index is 1.61. The van der Waals surface area contributed by atoms with E-state index in [4.69, 9.17) is 9.47 Å². The lowest BCUT2D eigenvalue weighted by Gasteiger charge is -2.13. The lowest BCUT2D eigenvalue weighted by molar-refractivity contribution is 0.415. The molecule has 27 heavy (non-hydrogen) atoms. The number of methoxy groups -OCH3 is 1. The largest absolute Gasteiger partial charge is 0.495 e. The van der Waals surface area contributed by atoms with Crippen molar-refractivity contribution in [3.8, 4) is 28.0 Å². The van der Waals surface area contributed by atoms with Gasteiger partial charge in [-0.1, -0.05) is 18.2 Å². The van der Waals surface area contributed by atoms with Gasteiger partial charge in [0.25, 0.3) is 0 Å². The SMILES string of the molecule is COc1ccc(Oc2ccccc2)cc1Nc1nccc(-c2nccs2)n1. The Morgan fingerprint density at radius 2 is 1.81 bits per heavy atom. The van der Waals surface area contributed by atoms with Crippen LogP contribution >= 0.6 is 11.3 Å². The molecule has 0 saturated heterocycles. The van der Waals surface area contributed by atoms with E-state index in [0.717, 1.165) is 16.5 Å². The number of hydrogen-bond donors (Lipinski definition) is 1. The molecular weight excluding hydrogens is 360 g/mol. The minimum atomic E-state index is 0.456. The van der Waals surface area contributed by atoms with E-state index in [1.54, 1.807) is 19.5 Å². The van der Waals surface area contributed by atoms with E-state index in [1.807, 2.05) is 60.0 Å². The van der Waals surface area contributed by atoms with Crippen molar-refractivity contribution in [3.63, 3.8) is 0 Å². The highest BCUT2D eigenvalue weighted by Crippen LogP contribution is 2.33.